The maximum Gasteiger partial charge on any atom is 0.168 e. The lowest BCUT2D eigenvalue weighted by molar-refractivity contribution is -0.209. The molecule has 0 amide bonds. The van der Waals surface area contributed by atoms with E-state index in [0.717, 1.165) is 55.1 Å². The van der Waals surface area contributed by atoms with Crippen molar-refractivity contribution in [2.75, 3.05) is 13.2 Å². The van der Waals surface area contributed by atoms with Gasteiger partial charge in [0.15, 0.2) is 5.79 Å². The highest BCUT2D eigenvalue weighted by molar-refractivity contribution is 5.07. The van der Waals surface area contributed by atoms with E-state index < -0.39 is 0 Å². The van der Waals surface area contributed by atoms with Crippen molar-refractivity contribution in [3.63, 3.8) is 0 Å². The third-order valence-corrected chi connectivity index (χ3v) is 9.41. The summed E-state index contributed by atoms with van der Waals surface area (Å²) in [6.45, 7) is 8.30. The minimum atomic E-state index is -0.181. The maximum atomic E-state index is 6.06. The summed E-state index contributed by atoms with van der Waals surface area (Å²) in [5, 5.41) is 0. The number of allylic oxidation sites excluding steroid dienone is 1. The smallest absolute Gasteiger partial charge is 0.168 e. The lowest BCUT2D eigenvalue weighted by Crippen LogP contribution is -2.51. The van der Waals surface area contributed by atoms with Crippen molar-refractivity contribution in [1.29, 1.82) is 0 Å². The summed E-state index contributed by atoms with van der Waals surface area (Å²) in [6, 6.07) is 0. The third kappa shape index (κ3) is 2.50. The van der Waals surface area contributed by atoms with E-state index in [1.54, 1.807) is 0 Å². The molecule has 5 rings (SSSR count). The van der Waals surface area contributed by atoms with Crippen LogP contribution >= 0.6 is 0 Å². The molecule has 0 aromatic carbocycles. The Bertz CT molecular complexity index is 522. The van der Waals surface area contributed by atoms with Crippen LogP contribution in [0.3, 0.4) is 0 Å². The summed E-state index contributed by atoms with van der Waals surface area (Å²) >= 11 is 0. The highest BCUT2D eigenvalue weighted by Gasteiger charge is 2.58. The Morgan fingerprint density at radius 2 is 1.72 bits per heavy atom. The van der Waals surface area contributed by atoms with Gasteiger partial charge in [-0.25, -0.2) is 0 Å². The van der Waals surface area contributed by atoms with E-state index in [1.165, 1.54) is 57.8 Å². The fourth-order valence-electron chi connectivity index (χ4n) is 8.28. The van der Waals surface area contributed by atoms with Gasteiger partial charge in [0.1, 0.15) is 0 Å². The molecule has 1 spiro atoms. The van der Waals surface area contributed by atoms with E-state index in [1.807, 2.05) is 0 Å². The van der Waals surface area contributed by atoms with Gasteiger partial charge < -0.3 is 9.47 Å². The summed E-state index contributed by atoms with van der Waals surface area (Å²) in [7, 11) is 0. The first-order valence-corrected chi connectivity index (χ1v) is 11.0. The Morgan fingerprint density at radius 3 is 2.52 bits per heavy atom. The zero-order valence-electron chi connectivity index (χ0n) is 16.1. The Labute approximate surface area is 153 Å². The van der Waals surface area contributed by atoms with Crippen LogP contribution in [0.4, 0.5) is 0 Å². The molecule has 2 nitrogen and oxygen atoms in total. The molecule has 5 fully saturated rings. The summed E-state index contributed by atoms with van der Waals surface area (Å²) in [6.07, 6.45) is 15.9. The van der Waals surface area contributed by atoms with Gasteiger partial charge in [0.05, 0.1) is 13.2 Å². The second kappa shape index (κ2) is 6.09. The van der Waals surface area contributed by atoms with Gasteiger partial charge >= 0.3 is 0 Å². The number of hydrogen-bond donors (Lipinski definition) is 0. The standard InChI is InChI=1S/C23H36O2/c1-3-4-17-6-8-21-20-7-5-16-15-23(24-13-14-25-23)12-10-18(16)19(20)9-11-22(17,21)2/h3,16-21H,1,4-15H2,2H3/t16-,17?,18+,19?,20?,21?,22-/m1/s1. The van der Waals surface area contributed by atoms with Crippen LogP contribution in [0.2, 0.25) is 0 Å². The van der Waals surface area contributed by atoms with Crippen LogP contribution < -0.4 is 0 Å². The molecule has 7 atom stereocenters. The first kappa shape index (κ1) is 16.8. The zero-order chi connectivity index (χ0) is 17.1. The summed E-state index contributed by atoms with van der Waals surface area (Å²) in [4.78, 5) is 0. The fraction of sp³-hybridized carbons (Fsp3) is 0.913. The SMILES string of the molecule is C=CCC1CCC2C3CC[C@@H]4CC5(CC[C@@H]4C3CC[C@]12C)OCCO5. The highest BCUT2D eigenvalue weighted by atomic mass is 16.7. The van der Waals surface area contributed by atoms with Gasteiger partial charge in [-0.15, -0.1) is 6.58 Å². The molecule has 0 radical (unpaired) electrons. The summed E-state index contributed by atoms with van der Waals surface area (Å²) in [5.41, 5.74) is 0.607. The molecule has 0 aromatic heterocycles. The average Bonchev–Trinajstić information content (AvgIpc) is 3.20. The third-order valence-electron chi connectivity index (χ3n) is 9.41. The molecule has 140 valence electrons. The van der Waals surface area contributed by atoms with Gasteiger partial charge in [-0.3, -0.25) is 0 Å². The van der Waals surface area contributed by atoms with Crippen LogP contribution in [0, 0.1) is 40.9 Å². The number of rotatable bonds is 2. The van der Waals surface area contributed by atoms with Gasteiger partial charge in [-0.1, -0.05) is 13.0 Å². The molecular weight excluding hydrogens is 308 g/mol. The molecule has 0 N–H and O–H groups in total. The van der Waals surface area contributed by atoms with Gasteiger partial charge in [0, 0.05) is 12.8 Å². The predicted molar refractivity (Wildman–Crippen MR) is 100 cm³/mol. The molecule has 4 unspecified atom stereocenters. The van der Waals surface area contributed by atoms with E-state index in [4.69, 9.17) is 9.47 Å². The van der Waals surface area contributed by atoms with Crippen LogP contribution in [-0.2, 0) is 9.47 Å². The molecule has 4 aliphatic carbocycles. The van der Waals surface area contributed by atoms with Crippen molar-refractivity contribution in [2.45, 2.75) is 76.9 Å². The topological polar surface area (TPSA) is 18.5 Å². The van der Waals surface area contributed by atoms with Crippen LogP contribution in [-0.4, -0.2) is 19.0 Å². The van der Waals surface area contributed by atoms with Crippen LogP contribution in [0.25, 0.3) is 0 Å². The summed E-state index contributed by atoms with van der Waals surface area (Å²) in [5.74, 6) is 5.55. The van der Waals surface area contributed by atoms with Crippen LogP contribution in [0.5, 0.6) is 0 Å². The van der Waals surface area contributed by atoms with Gasteiger partial charge in [-0.05, 0) is 92.3 Å². The number of ether oxygens (including phenoxy) is 2. The van der Waals surface area contributed by atoms with Crippen LogP contribution in [0.15, 0.2) is 12.7 Å². The monoisotopic (exact) mass is 344 g/mol. The van der Waals surface area contributed by atoms with Gasteiger partial charge in [0.2, 0.25) is 0 Å². The van der Waals surface area contributed by atoms with Crippen molar-refractivity contribution in [2.24, 2.45) is 40.9 Å². The van der Waals surface area contributed by atoms with Crippen molar-refractivity contribution in [3.8, 4) is 0 Å². The molecule has 1 saturated heterocycles. The largest absolute Gasteiger partial charge is 0.348 e. The first-order valence-electron chi connectivity index (χ1n) is 11.0. The Balaban J connectivity index is 1.33. The van der Waals surface area contributed by atoms with Crippen molar-refractivity contribution in [3.05, 3.63) is 12.7 Å². The minimum Gasteiger partial charge on any atom is -0.348 e. The Morgan fingerprint density at radius 1 is 0.920 bits per heavy atom. The lowest BCUT2D eigenvalue weighted by Gasteiger charge is -2.57. The molecule has 4 saturated carbocycles. The molecular formula is C23H36O2. The average molecular weight is 345 g/mol. The predicted octanol–water partition coefficient (Wildman–Crippen LogP) is 5.57. The van der Waals surface area contributed by atoms with E-state index >= 15 is 0 Å². The molecule has 2 heteroatoms. The normalized spacial score (nSPS) is 50.9. The maximum absolute atomic E-state index is 6.06. The van der Waals surface area contributed by atoms with Crippen LogP contribution in [0.1, 0.15) is 71.1 Å². The van der Waals surface area contributed by atoms with Crippen molar-refractivity contribution in [1.82, 2.24) is 0 Å². The second-order valence-corrected chi connectivity index (χ2v) is 10.1. The summed E-state index contributed by atoms with van der Waals surface area (Å²) < 4.78 is 12.1. The second-order valence-electron chi connectivity index (χ2n) is 10.1. The molecule has 25 heavy (non-hydrogen) atoms. The van der Waals surface area contributed by atoms with Crippen molar-refractivity contribution >= 4 is 0 Å². The molecule has 5 aliphatic rings. The van der Waals surface area contributed by atoms with Crippen molar-refractivity contribution < 1.29 is 9.47 Å². The number of hydrogen-bond acceptors (Lipinski definition) is 2. The van der Waals surface area contributed by atoms with Gasteiger partial charge in [-0.2, -0.15) is 0 Å². The number of fused-ring (bicyclic) bond motifs is 5. The highest BCUT2D eigenvalue weighted by Crippen LogP contribution is 2.65. The minimum absolute atomic E-state index is 0.181. The molecule has 1 aliphatic heterocycles. The first-order chi connectivity index (χ1) is 12.2. The molecule has 1 heterocycles. The van der Waals surface area contributed by atoms with E-state index in [2.05, 4.69) is 19.6 Å². The fourth-order valence-corrected chi connectivity index (χ4v) is 8.28. The van der Waals surface area contributed by atoms with E-state index in [-0.39, 0.29) is 5.79 Å². The molecule has 0 bridgehead atoms. The Hall–Kier alpha value is -0.340. The molecule has 0 aromatic rings. The quantitative estimate of drug-likeness (QED) is 0.609. The van der Waals surface area contributed by atoms with E-state index in [0.29, 0.717) is 5.41 Å². The van der Waals surface area contributed by atoms with E-state index in [9.17, 15) is 0 Å². The van der Waals surface area contributed by atoms with Gasteiger partial charge in [0.25, 0.3) is 0 Å². The Kier molecular flexibility index (Phi) is 4.09. The zero-order valence-corrected chi connectivity index (χ0v) is 16.1. The lowest BCUT2D eigenvalue weighted by atomic mass is 9.49.